The molecule has 0 aliphatic heterocycles. The fraction of sp³-hybridized carbons (Fsp3) is 0.385. The highest BCUT2D eigenvalue weighted by Gasteiger charge is 2.07. The number of rotatable bonds is 6. The van der Waals surface area contributed by atoms with Gasteiger partial charge in [0.1, 0.15) is 6.33 Å². The second-order valence-corrected chi connectivity index (χ2v) is 4.73. The highest BCUT2D eigenvalue weighted by Crippen LogP contribution is 2.14. The summed E-state index contributed by atoms with van der Waals surface area (Å²) in [5.41, 5.74) is 7.05. The Morgan fingerprint density at radius 2 is 2.35 bits per heavy atom. The molecular formula is C13H18N6O. The number of nitrogens with two attached hydrogens (primary N) is 1. The summed E-state index contributed by atoms with van der Waals surface area (Å²) in [6.07, 6.45) is 2.76. The van der Waals surface area contributed by atoms with Gasteiger partial charge in [0.15, 0.2) is 0 Å². The molecule has 0 aliphatic rings. The minimum Gasteiger partial charge on any atom is -0.330 e. The van der Waals surface area contributed by atoms with Crippen LogP contribution in [0, 0.1) is 5.92 Å². The van der Waals surface area contributed by atoms with Crippen LogP contribution in [0.15, 0.2) is 30.6 Å². The Bertz CT molecular complexity index is 554. The van der Waals surface area contributed by atoms with Gasteiger partial charge in [0.2, 0.25) is 5.91 Å². The highest BCUT2D eigenvalue weighted by molar-refractivity contribution is 5.90. The first-order chi connectivity index (χ1) is 9.69. The van der Waals surface area contributed by atoms with Gasteiger partial charge in [-0.3, -0.25) is 4.79 Å². The van der Waals surface area contributed by atoms with E-state index in [0.717, 1.165) is 17.8 Å². The molecule has 0 radical (unpaired) electrons. The summed E-state index contributed by atoms with van der Waals surface area (Å²) < 4.78 is 1.53. The predicted molar refractivity (Wildman–Crippen MR) is 75.2 cm³/mol. The van der Waals surface area contributed by atoms with Crippen molar-refractivity contribution in [2.45, 2.75) is 19.8 Å². The van der Waals surface area contributed by atoms with Gasteiger partial charge in [0, 0.05) is 12.1 Å². The Morgan fingerprint density at radius 1 is 1.50 bits per heavy atom. The van der Waals surface area contributed by atoms with Crippen LogP contribution in [0.1, 0.15) is 19.8 Å². The molecule has 7 heteroatoms. The zero-order valence-electron chi connectivity index (χ0n) is 11.4. The number of carbonyl (C=O) groups is 1. The SMILES string of the molecule is CC(CN)CCC(=O)Nc1cccc(-n2cnnn2)c1. The van der Waals surface area contributed by atoms with E-state index in [4.69, 9.17) is 5.73 Å². The van der Waals surface area contributed by atoms with E-state index in [1.807, 2.05) is 31.2 Å². The van der Waals surface area contributed by atoms with E-state index in [1.54, 1.807) is 0 Å². The predicted octanol–water partition coefficient (Wildman–Crippen LogP) is 0.976. The molecule has 1 amide bonds. The van der Waals surface area contributed by atoms with Crippen LogP contribution in [-0.4, -0.2) is 32.7 Å². The lowest BCUT2D eigenvalue weighted by Crippen LogP contribution is -2.16. The maximum absolute atomic E-state index is 11.8. The number of aromatic nitrogens is 4. The van der Waals surface area contributed by atoms with Gasteiger partial charge in [-0.2, -0.15) is 0 Å². The molecular weight excluding hydrogens is 256 g/mol. The fourth-order valence-electron chi connectivity index (χ4n) is 1.72. The van der Waals surface area contributed by atoms with Crippen LogP contribution >= 0.6 is 0 Å². The Hall–Kier alpha value is -2.28. The summed E-state index contributed by atoms with van der Waals surface area (Å²) in [4.78, 5) is 11.8. The molecule has 2 rings (SSSR count). The molecule has 1 heterocycles. The van der Waals surface area contributed by atoms with Crippen molar-refractivity contribution in [3.05, 3.63) is 30.6 Å². The standard InChI is InChI=1S/C13H18N6O/c1-10(8-14)5-6-13(20)16-11-3-2-4-12(7-11)19-9-15-17-18-19/h2-4,7,9-10H,5-6,8,14H2,1H3,(H,16,20). The number of carbonyl (C=O) groups excluding carboxylic acids is 1. The number of nitrogens with one attached hydrogen (secondary N) is 1. The van der Waals surface area contributed by atoms with Crippen LogP contribution in [0.2, 0.25) is 0 Å². The van der Waals surface area contributed by atoms with E-state index in [1.165, 1.54) is 11.0 Å². The van der Waals surface area contributed by atoms with Crippen molar-refractivity contribution in [3.8, 4) is 5.69 Å². The molecule has 0 bridgehead atoms. The minimum atomic E-state index is -0.0147. The van der Waals surface area contributed by atoms with E-state index in [0.29, 0.717) is 18.9 Å². The number of benzene rings is 1. The van der Waals surface area contributed by atoms with E-state index in [-0.39, 0.29) is 5.91 Å². The quantitative estimate of drug-likeness (QED) is 0.818. The number of hydrogen-bond donors (Lipinski definition) is 2. The summed E-state index contributed by atoms with van der Waals surface area (Å²) in [6.45, 7) is 2.63. The zero-order valence-corrected chi connectivity index (χ0v) is 11.4. The Morgan fingerprint density at radius 3 is 3.05 bits per heavy atom. The van der Waals surface area contributed by atoms with E-state index >= 15 is 0 Å². The molecule has 0 saturated carbocycles. The first-order valence-corrected chi connectivity index (χ1v) is 6.52. The van der Waals surface area contributed by atoms with Gasteiger partial charge in [-0.1, -0.05) is 13.0 Å². The molecule has 0 aliphatic carbocycles. The molecule has 0 spiro atoms. The largest absolute Gasteiger partial charge is 0.330 e. The molecule has 1 atom stereocenters. The Labute approximate surface area is 117 Å². The second kappa shape index (κ2) is 6.76. The molecule has 1 aromatic heterocycles. The zero-order chi connectivity index (χ0) is 14.4. The first-order valence-electron chi connectivity index (χ1n) is 6.52. The summed E-state index contributed by atoms with van der Waals surface area (Å²) in [6, 6.07) is 7.36. The van der Waals surface area contributed by atoms with Crippen molar-refractivity contribution in [3.63, 3.8) is 0 Å². The number of amides is 1. The van der Waals surface area contributed by atoms with Gasteiger partial charge >= 0.3 is 0 Å². The average molecular weight is 274 g/mol. The number of tetrazole rings is 1. The lowest BCUT2D eigenvalue weighted by molar-refractivity contribution is -0.116. The summed E-state index contributed by atoms with van der Waals surface area (Å²) in [5.74, 6) is 0.340. The highest BCUT2D eigenvalue weighted by atomic mass is 16.1. The van der Waals surface area contributed by atoms with Crippen LogP contribution in [-0.2, 0) is 4.79 Å². The van der Waals surface area contributed by atoms with Crippen molar-refractivity contribution in [2.75, 3.05) is 11.9 Å². The van der Waals surface area contributed by atoms with Crippen LogP contribution in [0.3, 0.4) is 0 Å². The smallest absolute Gasteiger partial charge is 0.224 e. The first kappa shape index (κ1) is 14.1. The maximum Gasteiger partial charge on any atom is 0.224 e. The van der Waals surface area contributed by atoms with Gasteiger partial charge in [-0.05, 0) is 47.5 Å². The van der Waals surface area contributed by atoms with E-state index in [2.05, 4.69) is 20.8 Å². The molecule has 7 nitrogen and oxygen atoms in total. The van der Waals surface area contributed by atoms with E-state index < -0.39 is 0 Å². The van der Waals surface area contributed by atoms with Crippen LogP contribution in [0.25, 0.3) is 5.69 Å². The molecule has 1 aromatic carbocycles. The topological polar surface area (TPSA) is 98.7 Å². The van der Waals surface area contributed by atoms with Gasteiger partial charge < -0.3 is 11.1 Å². The Balaban J connectivity index is 1.96. The monoisotopic (exact) mass is 274 g/mol. The molecule has 3 N–H and O–H groups in total. The third-order valence-electron chi connectivity index (χ3n) is 3.01. The number of nitrogens with zero attached hydrogens (tertiary/aromatic N) is 4. The molecule has 2 aromatic rings. The number of hydrogen-bond acceptors (Lipinski definition) is 5. The van der Waals surface area contributed by atoms with Crippen LogP contribution in [0.4, 0.5) is 5.69 Å². The van der Waals surface area contributed by atoms with Crippen molar-refractivity contribution in [2.24, 2.45) is 11.7 Å². The third kappa shape index (κ3) is 3.86. The van der Waals surface area contributed by atoms with Crippen molar-refractivity contribution in [1.82, 2.24) is 20.2 Å². The van der Waals surface area contributed by atoms with Gasteiger partial charge in [-0.25, -0.2) is 4.68 Å². The van der Waals surface area contributed by atoms with Crippen LogP contribution < -0.4 is 11.1 Å². The Kier molecular flexibility index (Phi) is 4.78. The fourth-order valence-corrected chi connectivity index (χ4v) is 1.72. The average Bonchev–Trinajstić information content (AvgIpc) is 2.99. The molecule has 0 saturated heterocycles. The normalized spacial score (nSPS) is 12.1. The van der Waals surface area contributed by atoms with Gasteiger partial charge in [0.05, 0.1) is 5.69 Å². The summed E-state index contributed by atoms with van der Waals surface area (Å²) >= 11 is 0. The maximum atomic E-state index is 11.8. The van der Waals surface area contributed by atoms with E-state index in [9.17, 15) is 4.79 Å². The van der Waals surface area contributed by atoms with Crippen molar-refractivity contribution >= 4 is 11.6 Å². The summed E-state index contributed by atoms with van der Waals surface area (Å²) in [5, 5.41) is 13.8. The minimum absolute atomic E-state index is 0.0147. The lowest BCUT2D eigenvalue weighted by atomic mass is 10.1. The molecule has 106 valence electrons. The second-order valence-electron chi connectivity index (χ2n) is 4.73. The third-order valence-corrected chi connectivity index (χ3v) is 3.01. The molecule has 0 fully saturated rings. The lowest BCUT2D eigenvalue weighted by Gasteiger charge is -2.09. The van der Waals surface area contributed by atoms with Crippen molar-refractivity contribution < 1.29 is 4.79 Å². The summed E-state index contributed by atoms with van der Waals surface area (Å²) in [7, 11) is 0. The van der Waals surface area contributed by atoms with Crippen molar-refractivity contribution in [1.29, 1.82) is 0 Å². The van der Waals surface area contributed by atoms with Crippen LogP contribution in [0.5, 0.6) is 0 Å². The molecule has 1 unspecified atom stereocenters. The van der Waals surface area contributed by atoms with Gasteiger partial charge in [-0.15, -0.1) is 5.10 Å². The molecule has 20 heavy (non-hydrogen) atoms. The number of anilines is 1. The van der Waals surface area contributed by atoms with Gasteiger partial charge in [0.25, 0.3) is 0 Å².